The van der Waals surface area contributed by atoms with Crippen LogP contribution < -0.4 is 10.2 Å². The monoisotopic (exact) mass is 487 g/mol. The lowest BCUT2D eigenvalue weighted by molar-refractivity contribution is -0.117. The summed E-state index contributed by atoms with van der Waals surface area (Å²) in [6.07, 6.45) is 0.388. The van der Waals surface area contributed by atoms with E-state index < -0.39 is 11.2 Å². The fourth-order valence-electron chi connectivity index (χ4n) is 3.65. The first-order chi connectivity index (χ1) is 16.5. The molecule has 0 aliphatic carbocycles. The van der Waals surface area contributed by atoms with Crippen LogP contribution in [0, 0.1) is 18.3 Å². The van der Waals surface area contributed by atoms with Crippen LogP contribution >= 0.6 is 23.4 Å². The lowest BCUT2D eigenvalue weighted by atomic mass is 10.1. The van der Waals surface area contributed by atoms with E-state index in [0.29, 0.717) is 22.2 Å². The lowest BCUT2D eigenvalue weighted by Gasteiger charge is -2.19. The number of nitrogens with zero attached hydrogens (tertiary/aromatic N) is 2. The number of nitriles is 1. The third-order valence-electron chi connectivity index (χ3n) is 5.46. The maximum atomic E-state index is 13.5. The SMILES string of the molecule is Cc1ccc(N2C(=O)[C@H](Cc3ccccc3Cl)S/C2=C(/C#N)C(=O)NCc2ccccc2)cc1. The normalized spacial score (nSPS) is 16.8. The van der Waals surface area contributed by atoms with Crippen LogP contribution in [0.1, 0.15) is 16.7 Å². The molecule has 1 atom stereocenters. The van der Waals surface area contributed by atoms with Crippen molar-refractivity contribution in [2.75, 3.05) is 4.90 Å². The summed E-state index contributed by atoms with van der Waals surface area (Å²) in [5.74, 6) is -0.704. The van der Waals surface area contributed by atoms with Crippen molar-refractivity contribution in [3.63, 3.8) is 0 Å². The molecular formula is C27H22ClN3O2S. The molecule has 7 heteroatoms. The summed E-state index contributed by atoms with van der Waals surface area (Å²) in [5.41, 5.74) is 3.33. The van der Waals surface area contributed by atoms with Gasteiger partial charge in [0.2, 0.25) is 5.91 Å². The molecule has 0 radical (unpaired) electrons. The Kier molecular flexibility index (Phi) is 7.36. The molecule has 170 valence electrons. The van der Waals surface area contributed by atoms with E-state index in [1.807, 2.05) is 85.8 Å². The molecule has 3 aromatic carbocycles. The van der Waals surface area contributed by atoms with Crippen LogP contribution in [0.5, 0.6) is 0 Å². The quantitative estimate of drug-likeness (QED) is 0.373. The summed E-state index contributed by atoms with van der Waals surface area (Å²) in [6, 6.07) is 26.3. The summed E-state index contributed by atoms with van der Waals surface area (Å²) in [7, 11) is 0. The van der Waals surface area contributed by atoms with Crippen LogP contribution in [0.15, 0.2) is 89.5 Å². The Balaban J connectivity index is 1.68. The van der Waals surface area contributed by atoms with Crippen LogP contribution in [0.25, 0.3) is 0 Å². The topological polar surface area (TPSA) is 73.2 Å². The van der Waals surface area contributed by atoms with Crippen molar-refractivity contribution in [3.05, 3.63) is 111 Å². The van der Waals surface area contributed by atoms with Crippen molar-refractivity contribution in [2.45, 2.75) is 25.1 Å². The number of nitrogens with one attached hydrogen (secondary N) is 1. The number of hydrogen-bond donors (Lipinski definition) is 1. The number of benzene rings is 3. The van der Waals surface area contributed by atoms with Crippen molar-refractivity contribution in [2.24, 2.45) is 0 Å². The smallest absolute Gasteiger partial charge is 0.264 e. The second-order valence-electron chi connectivity index (χ2n) is 7.87. The molecule has 1 saturated heterocycles. The highest BCUT2D eigenvalue weighted by molar-refractivity contribution is 8.05. The van der Waals surface area contributed by atoms with E-state index in [4.69, 9.17) is 11.6 Å². The molecule has 1 aliphatic heterocycles. The third-order valence-corrected chi connectivity index (χ3v) is 7.09. The van der Waals surface area contributed by atoms with Gasteiger partial charge >= 0.3 is 0 Å². The van der Waals surface area contributed by atoms with Gasteiger partial charge in [0.25, 0.3) is 5.91 Å². The Morgan fingerprint density at radius 2 is 1.74 bits per heavy atom. The van der Waals surface area contributed by atoms with Crippen LogP contribution in [-0.2, 0) is 22.6 Å². The zero-order valence-corrected chi connectivity index (χ0v) is 20.1. The molecule has 0 bridgehead atoms. The zero-order valence-electron chi connectivity index (χ0n) is 18.5. The maximum Gasteiger partial charge on any atom is 0.264 e. The van der Waals surface area contributed by atoms with Gasteiger partial charge in [-0.2, -0.15) is 5.26 Å². The number of amides is 2. The highest BCUT2D eigenvalue weighted by Crippen LogP contribution is 2.42. The molecule has 0 unspecified atom stereocenters. The van der Waals surface area contributed by atoms with Crippen LogP contribution in [0.2, 0.25) is 5.02 Å². The number of halogens is 1. The summed E-state index contributed by atoms with van der Waals surface area (Å²) >= 11 is 7.56. The van der Waals surface area contributed by atoms with Gasteiger partial charge in [0, 0.05) is 17.3 Å². The summed E-state index contributed by atoms with van der Waals surface area (Å²) in [4.78, 5) is 28.0. The third kappa shape index (κ3) is 5.17. The van der Waals surface area contributed by atoms with Crippen molar-refractivity contribution in [3.8, 4) is 6.07 Å². The Hall–Kier alpha value is -3.53. The molecule has 0 spiro atoms. The molecular weight excluding hydrogens is 466 g/mol. The predicted octanol–water partition coefficient (Wildman–Crippen LogP) is 5.39. The second kappa shape index (κ2) is 10.6. The number of anilines is 1. The molecule has 0 saturated carbocycles. The fraction of sp³-hybridized carbons (Fsp3) is 0.148. The fourth-order valence-corrected chi connectivity index (χ4v) is 5.15. The van der Waals surface area contributed by atoms with E-state index in [0.717, 1.165) is 16.7 Å². The Morgan fingerprint density at radius 3 is 2.41 bits per heavy atom. The van der Waals surface area contributed by atoms with Crippen LogP contribution in [0.3, 0.4) is 0 Å². The van der Waals surface area contributed by atoms with Gasteiger partial charge < -0.3 is 5.32 Å². The second-order valence-corrected chi connectivity index (χ2v) is 9.47. The number of thioether (sulfide) groups is 1. The summed E-state index contributed by atoms with van der Waals surface area (Å²) in [5, 5.41) is 13.1. The standard InChI is InChI=1S/C27H22ClN3O2S/c1-18-11-13-21(14-12-18)31-26(33)24(15-20-9-5-6-10-23(20)28)34-27(31)22(16-29)25(32)30-17-19-7-3-2-4-8-19/h2-14,24H,15,17H2,1H3,(H,30,32)/b27-22-/t24-/m0/s1. The van der Waals surface area contributed by atoms with E-state index in [1.54, 1.807) is 6.07 Å². The molecule has 5 nitrogen and oxygen atoms in total. The van der Waals surface area contributed by atoms with E-state index >= 15 is 0 Å². The van der Waals surface area contributed by atoms with Gasteiger partial charge in [-0.05, 0) is 42.7 Å². The first kappa shape index (κ1) is 23.6. The van der Waals surface area contributed by atoms with Gasteiger partial charge in [-0.1, -0.05) is 89.6 Å². The molecule has 4 rings (SSSR count). The van der Waals surface area contributed by atoms with Gasteiger partial charge in [-0.3, -0.25) is 14.5 Å². The minimum Gasteiger partial charge on any atom is -0.347 e. The van der Waals surface area contributed by atoms with Gasteiger partial charge in [-0.25, -0.2) is 0 Å². The number of rotatable bonds is 6. The zero-order chi connectivity index (χ0) is 24.1. The predicted molar refractivity (Wildman–Crippen MR) is 136 cm³/mol. The number of aryl methyl sites for hydroxylation is 1. The number of hydrogen-bond acceptors (Lipinski definition) is 4. The van der Waals surface area contributed by atoms with Gasteiger partial charge in [0.1, 0.15) is 16.7 Å². The molecule has 1 N–H and O–H groups in total. The lowest BCUT2D eigenvalue weighted by Crippen LogP contribution is -2.32. The van der Waals surface area contributed by atoms with Gasteiger partial charge in [0.15, 0.2) is 0 Å². The van der Waals surface area contributed by atoms with Crippen LogP contribution in [-0.4, -0.2) is 17.1 Å². The highest BCUT2D eigenvalue weighted by Gasteiger charge is 2.41. The van der Waals surface area contributed by atoms with Gasteiger partial charge in [-0.15, -0.1) is 0 Å². The van der Waals surface area contributed by atoms with Crippen molar-refractivity contribution in [1.82, 2.24) is 5.32 Å². The molecule has 34 heavy (non-hydrogen) atoms. The number of carbonyl (C=O) groups is 2. The Morgan fingerprint density at radius 1 is 1.06 bits per heavy atom. The van der Waals surface area contributed by atoms with E-state index in [-0.39, 0.29) is 18.0 Å². The number of carbonyl (C=O) groups excluding carboxylic acids is 2. The largest absolute Gasteiger partial charge is 0.347 e. The molecule has 0 aromatic heterocycles. The van der Waals surface area contributed by atoms with Gasteiger partial charge in [0.05, 0.1) is 5.25 Å². The van der Waals surface area contributed by atoms with Crippen molar-refractivity contribution < 1.29 is 9.59 Å². The van der Waals surface area contributed by atoms with Crippen LogP contribution in [0.4, 0.5) is 5.69 Å². The average Bonchev–Trinajstić information content (AvgIpc) is 3.16. The van der Waals surface area contributed by atoms with E-state index in [2.05, 4.69) is 5.32 Å². The highest BCUT2D eigenvalue weighted by atomic mass is 35.5. The Bertz CT molecular complexity index is 1280. The first-order valence-corrected chi connectivity index (χ1v) is 12.0. The minimum absolute atomic E-state index is 0.0866. The molecule has 1 heterocycles. The van der Waals surface area contributed by atoms with Crippen molar-refractivity contribution >= 4 is 40.9 Å². The maximum absolute atomic E-state index is 13.5. The summed E-state index contributed by atoms with van der Waals surface area (Å²) in [6.45, 7) is 2.24. The minimum atomic E-state index is -0.517. The molecule has 3 aromatic rings. The molecule has 1 fully saturated rings. The van der Waals surface area contributed by atoms with E-state index in [9.17, 15) is 14.9 Å². The summed E-state index contributed by atoms with van der Waals surface area (Å²) < 4.78 is 0. The molecule has 2 amide bonds. The van der Waals surface area contributed by atoms with E-state index in [1.165, 1.54) is 16.7 Å². The average molecular weight is 488 g/mol. The Labute approximate surface area is 208 Å². The first-order valence-electron chi connectivity index (χ1n) is 10.7. The molecule has 1 aliphatic rings. The van der Waals surface area contributed by atoms with Crippen molar-refractivity contribution in [1.29, 1.82) is 5.26 Å².